The van der Waals surface area contributed by atoms with E-state index in [0.717, 1.165) is 37.9 Å². The molecule has 114 valence electrons. The Bertz CT molecular complexity index is 386. The summed E-state index contributed by atoms with van der Waals surface area (Å²) in [6, 6.07) is 4.69. The lowest BCUT2D eigenvalue weighted by Crippen LogP contribution is -2.45. The van der Waals surface area contributed by atoms with E-state index in [1.54, 1.807) is 6.26 Å². The largest absolute Gasteiger partial charge is 0.468 e. The van der Waals surface area contributed by atoms with Crippen molar-refractivity contribution >= 4 is 0 Å². The van der Waals surface area contributed by atoms with E-state index in [4.69, 9.17) is 4.42 Å². The van der Waals surface area contributed by atoms with Crippen molar-refractivity contribution in [1.29, 1.82) is 0 Å². The standard InChI is InChI=1S/C17H30N2O/c1-5-18-16-14(9-10-17(16,3)4)12-19(6-2)13-15-8-7-11-20-15/h7-8,11,14,16,18H,5-6,9-10,12-13H2,1-4H3. The molecule has 2 unspecified atom stereocenters. The highest BCUT2D eigenvalue weighted by Crippen LogP contribution is 2.41. The quantitative estimate of drug-likeness (QED) is 0.827. The molecule has 0 radical (unpaired) electrons. The number of nitrogens with one attached hydrogen (secondary N) is 1. The molecule has 0 aromatic carbocycles. The van der Waals surface area contributed by atoms with Crippen molar-refractivity contribution in [2.75, 3.05) is 19.6 Å². The molecule has 1 aliphatic rings. The fourth-order valence-corrected chi connectivity index (χ4v) is 3.64. The molecule has 0 spiro atoms. The lowest BCUT2D eigenvalue weighted by atomic mass is 9.84. The van der Waals surface area contributed by atoms with Gasteiger partial charge < -0.3 is 9.73 Å². The van der Waals surface area contributed by atoms with Crippen LogP contribution in [0.2, 0.25) is 0 Å². The van der Waals surface area contributed by atoms with Crippen molar-refractivity contribution in [3.05, 3.63) is 24.2 Å². The zero-order chi connectivity index (χ0) is 14.6. The van der Waals surface area contributed by atoms with Crippen LogP contribution in [0.1, 0.15) is 46.3 Å². The van der Waals surface area contributed by atoms with E-state index in [1.807, 2.05) is 6.07 Å². The summed E-state index contributed by atoms with van der Waals surface area (Å²) in [5.74, 6) is 1.82. The molecule has 0 aliphatic heterocycles. The molecule has 20 heavy (non-hydrogen) atoms. The van der Waals surface area contributed by atoms with Gasteiger partial charge in [-0.15, -0.1) is 0 Å². The predicted molar refractivity (Wildman–Crippen MR) is 83.6 cm³/mol. The third kappa shape index (κ3) is 3.64. The topological polar surface area (TPSA) is 28.4 Å². The van der Waals surface area contributed by atoms with Gasteiger partial charge in [0.15, 0.2) is 0 Å². The minimum atomic E-state index is 0.421. The number of hydrogen-bond donors (Lipinski definition) is 1. The normalized spacial score (nSPS) is 25.4. The van der Waals surface area contributed by atoms with Gasteiger partial charge in [0.2, 0.25) is 0 Å². The molecule has 3 nitrogen and oxygen atoms in total. The number of rotatable bonds is 7. The van der Waals surface area contributed by atoms with Crippen LogP contribution in [0.4, 0.5) is 0 Å². The summed E-state index contributed by atoms with van der Waals surface area (Å²) < 4.78 is 5.49. The third-order valence-corrected chi connectivity index (χ3v) is 4.80. The second-order valence-corrected chi connectivity index (χ2v) is 6.73. The lowest BCUT2D eigenvalue weighted by Gasteiger charge is -2.34. The van der Waals surface area contributed by atoms with Gasteiger partial charge in [-0.1, -0.05) is 27.7 Å². The summed E-state index contributed by atoms with van der Waals surface area (Å²) in [5, 5.41) is 3.72. The van der Waals surface area contributed by atoms with Gasteiger partial charge in [-0.25, -0.2) is 0 Å². The second kappa shape index (κ2) is 6.77. The molecular weight excluding hydrogens is 248 g/mol. The third-order valence-electron chi connectivity index (χ3n) is 4.80. The van der Waals surface area contributed by atoms with E-state index in [0.29, 0.717) is 11.5 Å². The van der Waals surface area contributed by atoms with Crippen molar-refractivity contribution in [2.24, 2.45) is 11.3 Å². The van der Waals surface area contributed by atoms with Gasteiger partial charge in [-0.3, -0.25) is 4.90 Å². The summed E-state index contributed by atoms with van der Waals surface area (Å²) in [5.41, 5.74) is 0.421. The molecular formula is C17H30N2O. The average molecular weight is 278 g/mol. The van der Waals surface area contributed by atoms with E-state index in [1.165, 1.54) is 12.8 Å². The van der Waals surface area contributed by atoms with Crippen molar-refractivity contribution < 1.29 is 4.42 Å². The molecule has 0 saturated heterocycles. The van der Waals surface area contributed by atoms with Gasteiger partial charge in [-0.2, -0.15) is 0 Å². The highest BCUT2D eigenvalue weighted by molar-refractivity contribution is 5.00. The van der Waals surface area contributed by atoms with Crippen molar-refractivity contribution in [2.45, 2.75) is 53.1 Å². The fourth-order valence-electron chi connectivity index (χ4n) is 3.64. The second-order valence-electron chi connectivity index (χ2n) is 6.73. The summed E-state index contributed by atoms with van der Waals surface area (Å²) in [6.07, 6.45) is 4.43. The van der Waals surface area contributed by atoms with Crippen LogP contribution >= 0.6 is 0 Å². The maximum atomic E-state index is 5.49. The van der Waals surface area contributed by atoms with Gasteiger partial charge in [0.05, 0.1) is 12.8 Å². The smallest absolute Gasteiger partial charge is 0.117 e. The van der Waals surface area contributed by atoms with Crippen LogP contribution in [-0.4, -0.2) is 30.6 Å². The van der Waals surface area contributed by atoms with E-state index in [-0.39, 0.29) is 0 Å². The van der Waals surface area contributed by atoms with E-state index >= 15 is 0 Å². The summed E-state index contributed by atoms with van der Waals surface area (Å²) >= 11 is 0. The van der Waals surface area contributed by atoms with Crippen LogP contribution in [0, 0.1) is 11.3 Å². The lowest BCUT2D eigenvalue weighted by molar-refractivity contribution is 0.177. The zero-order valence-electron chi connectivity index (χ0n) is 13.5. The average Bonchev–Trinajstić information content (AvgIpc) is 3.01. The van der Waals surface area contributed by atoms with Crippen LogP contribution < -0.4 is 5.32 Å². The molecule has 3 heteroatoms. The predicted octanol–water partition coefficient (Wildman–Crippen LogP) is 3.52. The Labute approximate surface area is 123 Å². The van der Waals surface area contributed by atoms with Crippen molar-refractivity contribution in [3.63, 3.8) is 0 Å². The SMILES string of the molecule is CCNC1C(CN(CC)Cc2ccco2)CCC1(C)C. The minimum absolute atomic E-state index is 0.421. The first-order valence-corrected chi connectivity index (χ1v) is 8.05. The van der Waals surface area contributed by atoms with Crippen LogP contribution in [0.25, 0.3) is 0 Å². The molecule has 2 atom stereocenters. The summed E-state index contributed by atoms with van der Waals surface area (Å²) in [4.78, 5) is 2.51. The van der Waals surface area contributed by atoms with Gasteiger partial charge in [0.1, 0.15) is 5.76 Å². The van der Waals surface area contributed by atoms with Crippen LogP contribution in [-0.2, 0) is 6.54 Å². The fraction of sp³-hybridized carbons (Fsp3) is 0.765. The Hall–Kier alpha value is -0.800. The molecule has 1 N–H and O–H groups in total. The first-order valence-electron chi connectivity index (χ1n) is 8.05. The number of furan rings is 1. The molecule has 1 fully saturated rings. The number of nitrogens with zero attached hydrogens (tertiary/aromatic N) is 1. The Balaban J connectivity index is 1.96. The Morgan fingerprint density at radius 2 is 2.20 bits per heavy atom. The molecule has 1 aromatic heterocycles. The highest BCUT2D eigenvalue weighted by atomic mass is 16.3. The molecule has 2 rings (SSSR count). The summed E-state index contributed by atoms with van der Waals surface area (Å²) in [6.45, 7) is 13.5. The highest BCUT2D eigenvalue weighted by Gasteiger charge is 2.41. The van der Waals surface area contributed by atoms with Gasteiger partial charge in [-0.05, 0) is 49.4 Å². The van der Waals surface area contributed by atoms with Crippen LogP contribution in [0.3, 0.4) is 0 Å². The first-order chi connectivity index (χ1) is 9.56. The van der Waals surface area contributed by atoms with Gasteiger partial charge >= 0.3 is 0 Å². The molecule has 1 aliphatic carbocycles. The maximum Gasteiger partial charge on any atom is 0.117 e. The van der Waals surface area contributed by atoms with Gasteiger partial charge in [0.25, 0.3) is 0 Å². The molecule has 1 aromatic rings. The Morgan fingerprint density at radius 1 is 1.40 bits per heavy atom. The first kappa shape index (κ1) is 15.6. The molecule has 0 amide bonds. The molecule has 1 heterocycles. The van der Waals surface area contributed by atoms with Gasteiger partial charge in [0, 0.05) is 12.6 Å². The van der Waals surface area contributed by atoms with Crippen LogP contribution in [0.15, 0.2) is 22.8 Å². The maximum absolute atomic E-state index is 5.49. The number of hydrogen-bond acceptors (Lipinski definition) is 3. The van der Waals surface area contributed by atoms with Crippen LogP contribution in [0.5, 0.6) is 0 Å². The van der Waals surface area contributed by atoms with E-state index < -0.39 is 0 Å². The summed E-state index contributed by atoms with van der Waals surface area (Å²) in [7, 11) is 0. The zero-order valence-corrected chi connectivity index (χ0v) is 13.5. The van der Waals surface area contributed by atoms with Crippen molar-refractivity contribution in [1.82, 2.24) is 10.2 Å². The molecule has 0 bridgehead atoms. The molecule has 1 saturated carbocycles. The van der Waals surface area contributed by atoms with E-state index in [9.17, 15) is 0 Å². The van der Waals surface area contributed by atoms with E-state index in [2.05, 4.69) is 44.0 Å². The monoisotopic (exact) mass is 278 g/mol. The van der Waals surface area contributed by atoms with Crippen molar-refractivity contribution in [3.8, 4) is 0 Å². The Kier molecular flexibility index (Phi) is 5.28. The Morgan fingerprint density at radius 3 is 2.80 bits per heavy atom. The minimum Gasteiger partial charge on any atom is -0.468 e.